The summed E-state index contributed by atoms with van der Waals surface area (Å²) < 4.78 is 0. The smallest absolute Gasteiger partial charge is 0.306 e. The largest absolute Gasteiger partial charge is 0.481 e. The van der Waals surface area contributed by atoms with Gasteiger partial charge in [-0.1, -0.05) is 43.1 Å². The molecule has 0 aromatic rings. The minimum absolute atomic E-state index is 0.149. The summed E-state index contributed by atoms with van der Waals surface area (Å²) in [5.41, 5.74) is 12.7. The highest BCUT2D eigenvalue weighted by Gasteiger charge is 2.53. The second-order valence-corrected chi connectivity index (χ2v) is 9.38. The third-order valence-corrected chi connectivity index (χ3v) is 6.79. The molecule has 0 aromatic heterocycles. The topological polar surface area (TPSA) is 130 Å². The molecule has 2 saturated carbocycles. The van der Waals surface area contributed by atoms with Crippen molar-refractivity contribution in [3.63, 3.8) is 0 Å². The third-order valence-electron chi connectivity index (χ3n) is 6.79. The molecule has 2 rings (SSSR count). The summed E-state index contributed by atoms with van der Waals surface area (Å²) >= 11 is 0. The van der Waals surface area contributed by atoms with Gasteiger partial charge in [0.1, 0.15) is 0 Å². The average molecular weight is 435 g/mol. The van der Waals surface area contributed by atoms with E-state index in [1.54, 1.807) is 0 Å². The molecule has 2 aliphatic rings. The van der Waals surface area contributed by atoms with Crippen molar-refractivity contribution in [2.24, 2.45) is 23.3 Å². The molecule has 2 fully saturated rings. The van der Waals surface area contributed by atoms with Crippen LogP contribution in [0.5, 0.6) is 0 Å². The highest BCUT2D eigenvalue weighted by molar-refractivity contribution is 5.76. The fourth-order valence-corrected chi connectivity index (χ4v) is 5.14. The molecular formula is C24H42N4O3. The van der Waals surface area contributed by atoms with Crippen LogP contribution in [0.15, 0.2) is 23.8 Å². The SMILES string of the molecule is C/C=C/CC/C(=C\C1CCCCC1)CC(NC(N)CN)C1(NC(C)=O)CC(C(=O)O)C1. The Morgan fingerprint density at radius 3 is 2.45 bits per heavy atom. The number of nitrogens with two attached hydrogens (primary N) is 2. The van der Waals surface area contributed by atoms with Crippen molar-refractivity contribution in [3.8, 4) is 0 Å². The van der Waals surface area contributed by atoms with Gasteiger partial charge in [-0.05, 0) is 57.8 Å². The Morgan fingerprint density at radius 1 is 1.23 bits per heavy atom. The monoisotopic (exact) mass is 434 g/mol. The van der Waals surface area contributed by atoms with Gasteiger partial charge in [0.15, 0.2) is 0 Å². The highest BCUT2D eigenvalue weighted by atomic mass is 16.4. The number of amides is 1. The summed E-state index contributed by atoms with van der Waals surface area (Å²) in [6.45, 7) is 3.79. The summed E-state index contributed by atoms with van der Waals surface area (Å²) in [6.07, 6.45) is 16.1. The summed E-state index contributed by atoms with van der Waals surface area (Å²) in [5.74, 6) is -0.806. The van der Waals surface area contributed by atoms with Crippen molar-refractivity contribution in [1.82, 2.24) is 10.6 Å². The van der Waals surface area contributed by atoms with E-state index in [2.05, 4.69) is 28.9 Å². The molecule has 0 saturated heterocycles. The molecule has 0 bridgehead atoms. The van der Waals surface area contributed by atoms with Gasteiger partial charge < -0.3 is 21.9 Å². The molecule has 176 valence electrons. The molecule has 2 aliphatic carbocycles. The molecule has 0 heterocycles. The van der Waals surface area contributed by atoms with E-state index >= 15 is 0 Å². The maximum Gasteiger partial charge on any atom is 0.306 e. The van der Waals surface area contributed by atoms with Crippen LogP contribution in [0.1, 0.15) is 78.1 Å². The van der Waals surface area contributed by atoms with Crippen molar-refractivity contribution >= 4 is 11.9 Å². The van der Waals surface area contributed by atoms with Gasteiger partial charge in [0.2, 0.25) is 5.91 Å². The van der Waals surface area contributed by atoms with Crippen LogP contribution < -0.4 is 22.1 Å². The fraction of sp³-hybridized carbons (Fsp3) is 0.750. The first-order valence-corrected chi connectivity index (χ1v) is 11.8. The number of carbonyl (C=O) groups excluding carboxylic acids is 1. The van der Waals surface area contributed by atoms with Gasteiger partial charge in [0.25, 0.3) is 0 Å². The van der Waals surface area contributed by atoms with Crippen LogP contribution in [0.25, 0.3) is 0 Å². The Bertz CT molecular complexity index is 649. The zero-order valence-electron chi connectivity index (χ0n) is 19.2. The Kier molecular flexibility index (Phi) is 10.2. The van der Waals surface area contributed by atoms with E-state index in [1.807, 2.05) is 6.92 Å². The van der Waals surface area contributed by atoms with Crippen LogP contribution in [-0.4, -0.2) is 41.3 Å². The van der Waals surface area contributed by atoms with Crippen LogP contribution in [0.2, 0.25) is 0 Å². The second-order valence-electron chi connectivity index (χ2n) is 9.38. The maximum atomic E-state index is 12.0. The van der Waals surface area contributed by atoms with E-state index in [-0.39, 0.29) is 18.5 Å². The van der Waals surface area contributed by atoms with Crippen LogP contribution >= 0.6 is 0 Å². The number of carboxylic acid groups (broad SMARTS) is 1. The molecular weight excluding hydrogens is 392 g/mol. The lowest BCUT2D eigenvalue weighted by atomic mass is 9.62. The lowest BCUT2D eigenvalue weighted by Gasteiger charge is -2.52. The number of hydrogen-bond donors (Lipinski definition) is 5. The normalized spacial score (nSPS) is 27.0. The number of hydrogen-bond acceptors (Lipinski definition) is 5. The van der Waals surface area contributed by atoms with Gasteiger partial charge in [-0.3, -0.25) is 14.9 Å². The molecule has 7 N–H and O–H groups in total. The van der Waals surface area contributed by atoms with Crippen LogP contribution in [0, 0.1) is 11.8 Å². The predicted octanol–water partition coefficient (Wildman–Crippen LogP) is 2.81. The number of nitrogens with one attached hydrogen (secondary N) is 2. The third kappa shape index (κ3) is 7.74. The Labute approximate surface area is 187 Å². The van der Waals surface area contributed by atoms with Crippen LogP contribution in [0.4, 0.5) is 0 Å². The molecule has 0 aliphatic heterocycles. The minimum atomic E-state index is -0.811. The van der Waals surface area contributed by atoms with E-state index < -0.39 is 23.6 Å². The first-order valence-electron chi connectivity index (χ1n) is 11.8. The minimum Gasteiger partial charge on any atom is -0.481 e. The van der Waals surface area contributed by atoms with Gasteiger partial charge in [0, 0.05) is 19.5 Å². The standard InChI is InChI=1S/C24H42N4O3/c1-3-4-6-11-19(12-18-9-7-5-8-10-18)13-21(27-22(26)16-25)24(28-17(2)29)14-20(15-24)23(30)31/h3-4,12,18,20-22,27H,5-11,13-16,25-26H2,1-2H3,(H,28,29)(H,30,31)/b4-3+,19-12+. The first kappa shape index (κ1) is 25.6. The molecule has 7 heteroatoms. The van der Waals surface area contributed by atoms with Crippen molar-refractivity contribution < 1.29 is 14.7 Å². The molecule has 0 radical (unpaired) electrons. The number of aliphatic carboxylic acids is 1. The molecule has 1 amide bonds. The van der Waals surface area contributed by atoms with Gasteiger partial charge in [-0.15, -0.1) is 0 Å². The molecule has 2 unspecified atom stereocenters. The first-order chi connectivity index (χ1) is 14.8. The summed E-state index contributed by atoms with van der Waals surface area (Å²) in [4.78, 5) is 23.6. The quantitative estimate of drug-likeness (QED) is 0.237. The zero-order valence-corrected chi connectivity index (χ0v) is 19.2. The number of carbonyl (C=O) groups is 2. The zero-order chi connectivity index (χ0) is 22.9. The van der Waals surface area contributed by atoms with Gasteiger partial charge in [0.05, 0.1) is 17.6 Å². The van der Waals surface area contributed by atoms with E-state index in [9.17, 15) is 14.7 Å². The molecule has 7 nitrogen and oxygen atoms in total. The van der Waals surface area contributed by atoms with E-state index in [4.69, 9.17) is 11.5 Å². The summed E-state index contributed by atoms with van der Waals surface area (Å²) in [7, 11) is 0. The molecule has 0 spiro atoms. The molecule has 2 atom stereocenters. The summed E-state index contributed by atoms with van der Waals surface area (Å²) in [6, 6.07) is -0.161. The molecule has 0 aromatic carbocycles. The lowest BCUT2D eigenvalue weighted by molar-refractivity contribution is -0.150. The van der Waals surface area contributed by atoms with Crippen molar-refractivity contribution in [2.45, 2.75) is 95.8 Å². The number of allylic oxidation sites excluding steroid dienone is 3. The fourth-order valence-electron chi connectivity index (χ4n) is 5.14. The maximum absolute atomic E-state index is 12.0. The highest BCUT2D eigenvalue weighted by Crippen LogP contribution is 2.43. The van der Waals surface area contributed by atoms with E-state index in [0.29, 0.717) is 18.8 Å². The lowest BCUT2D eigenvalue weighted by Crippen LogP contribution is -2.70. The summed E-state index contributed by atoms with van der Waals surface area (Å²) in [5, 5.41) is 16.0. The Balaban J connectivity index is 2.27. The van der Waals surface area contributed by atoms with Crippen molar-refractivity contribution in [3.05, 3.63) is 23.8 Å². The van der Waals surface area contributed by atoms with Crippen molar-refractivity contribution in [1.29, 1.82) is 0 Å². The van der Waals surface area contributed by atoms with Gasteiger partial charge in [-0.25, -0.2) is 0 Å². The van der Waals surface area contributed by atoms with Crippen molar-refractivity contribution in [2.75, 3.05) is 6.54 Å². The second kappa shape index (κ2) is 12.4. The van der Waals surface area contributed by atoms with Gasteiger partial charge in [-0.2, -0.15) is 0 Å². The average Bonchev–Trinajstić information content (AvgIpc) is 2.70. The van der Waals surface area contributed by atoms with E-state index in [0.717, 1.165) is 19.3 Å². The Morgan fingerprint density at radius 2 is 1.90 bits per heavy atom. The van der Waals surface area contributed by atoms with Crippen LogP contribution in [-0.2, 0) is 9.59 Å². The predicted molar refractivity (Wildman–Crippen MR) is 124 cm³/mol. The molecule has 31 heavy (non-hydrogen) atoms. The number of rotatable bonds is 12. The number of carboxylic acids is 1. The van der Waals surface area contributed by atoms with E-state index in [1.165, 1.54) is 44.6 Å². The Hall–Kier alpha value is -1.70. The van der Waals surface area contributed by atoms with Gasteiger partial charge >= 0.3 is 5.97 Å². The van der Waals surface area contributed by atoms with Crippen LogP contribution in [0.3, 0.4) is 0 Å².